The molecule has 26 heavy (non-hydrogen) atoms. The van der Waals surface area contributed by atoms with Gasteiger partial charge in [-0.15, -0.1) is 24.0 Å². The number of benzene rings is 1. The van der Waals surface area contributed by atoms with Gasteiger partial charge in [-0.05, 0) is 44.2 Å². The maximum Gasteiger partial charge on any atom is 0.191 e. The molecule has 0 aromatic heterocycles. The van der Waals surface area contributed by atoms with E-state index in [1.807, 2.05) is 7.05 Å². The van der Waals surface area contributed by atoms with E-state index in [1.165, 1.54) is 63.7 Å². The topological polar surface area (TPSA) is 39.7 Å². The van der Waals surface area contributed by atoms with Gasteiger partial charge in [0.15, 0.2) is 5.96 Å². The van der Waals surface area contributed by atoms with E-state index >= 15 is 0 Å². The molecule has 0 spiro atoms. The molecule has 1 saturated heterocycles. The van der Waals surface area contributed by atoms with Crippen LogP contribution in [0.15, 0.2) is 35.3 Å². The molecule has 2 N–H and O–H groups in total. The lowest BCUT2D eigenvalue weighted by atomic mass is 9.64. The molecule has 146 valence electrons. The number of hydrogen-bond acceptors (Lipinski definition) is 2. The molecule has 0 radical (unpaired) electrons. The van der Waals surface area contributed by atoms with Gasteiger partial charge in [0.2, 0.25) is 0 Å². The predicted octanol–water partition coefficient (Wildman–Crippen LogP) is 3.77. The largest absolute Gasteiger partial charge is 0.356 e. The van der Waals surface area contributed by atoms with Crippen molar-refractivity contribution in [1.29, 1.82) is 0 Å². The molecular weight excluding hydrogens is 435 g/mol. The van der Waals surface area contributed by atoms with E-state index in [9.17, 15) is 0 Å². The lowest BCUT2D eigenvalue weighted by Crippen LogP contribution is -2.52. The summed E-state index contributed by atoms with van der Waals surface area (Å²) in [7, 11) is 1.89. The number of aliphatic imine (C=N–C) groups is 1. The first kappa shape index (κ1) is 21.5. The Bertz CT molecular complexity index is 548. The number of likely N-dealkylation sites (tertiary alicyclic amines) is 1. The molecule has 1 aromatic carbocycles. The molecule has 0 atom stereocenters. The van der Waals surface area contributed by atoms with E-state index in [0.29, 0.717) is 11.5 Å². The second kappa shape index (κ2) is 10.5. The highest BCUT2D eigenvalue weighted by atomic mass is 127. The first-order valence-electron chi connectivity index (χ1n) is 10.0. The second-order valence-corrected chi connectivity index (χ2v) is 7.69. The summed E-state index contributed by atoms with van der Waals surface area (Å²) in [5.41, 5.74) is 1.76. The maximum atomic E-state index is 4.47. The van der Waals surface area contributed by atoms with Crippen LogP contribution in [0.5, 0.6) is 0 Å². The molecule has 0 bridgehead atoms. The van der Waals surface area contributed by atoms with Crippen molar-refractivity contribution in [3.8, 4) is 0 Å². The van der Waals surface area contributed by atoms with Gasteiger partial charge in [0.1, 0.15) is 0 Å². The molecule has 1 heterocycles. The van der Waals surface area contributed by atoms with Crippen molar-refractivity contribution in [2.24, 2.45) is 4.99 Å². The molecule has 0 unspecified atom stereocenters. The van der Waals surface area contributed by atoms with E-state index < -0.39 is 0 Å². The zero-order valence-electron chi connectivity index (χ0n) is 16.3. The third-order valence-electron chi connectivity index (χ3n) is 5.98. The van der Waals surface area contributed by atoms with Crippen LogP contribution in [-0.2, 0) is 5.41 Å². The molecule has 1 aliphatic carbocycles. The summed E-state index contributed by atoms with van der Waals surface area (Å²) >= 11 is 0. The number of nitrogens with one attached hydrogen (secondary N) is 2. The SMILES string of the molecule is CCCN1CCC(NC(=NC)NCC2(c3ccccc3)CCC2)CC1.I. The predicted molar refractivity (Wildman–Crippen MR) is 122 cm³/mol. The van der Waals surface area contributed by atoms with Crippen molar-refractivity contribution in [3.05, 3.63) is 35.9 Å². The Balaban J connectivity index is 0.00000243. The molecule has 3 rings (SSSR count). The molecule has 2 fully saturated rings. The Labute approximate surface area is 176 Å². The number of nitrogens with zero attached hydrogens (tertiary/aromatic N) is 2. The number of halogens is 1. The third kappa shape index (κ3) is 5.35. The van der Waals surface area contributed by atoms with Gasteiger partial charge in [0.05, 0.1) is 0 Å². The summed E-state index contributed by atoms with van der Waals surface area (Å²) < 4.78 is 0. The first-order valence-corrected chi connectivity index (χ1v) is 10.0. The van der Waals surface area contributed by atoms with Gasteiger partial charge < -0.3 is 15.5 Å². The molecule has 0 amide bonds. The van der Waals surface area contributed by atoms with Gasteiger partial charge in [-0.25, -0.2) is 0 Å². The molecule has 2 aliphatic rings. The fourth-order valence-corrected chi connectivity index (χ4v) is 4.22. The van der Waals surface area contributed by atoms with Gasteiger partial charge in [0.25, 0.3) is 0 Å². The van der Waals surface area contributed by atoms with Crippen LogP contribution < -0.4 is 10.6 Å². The molecule has 4 nitrogen and oxygen atoms in total. The van der Waals surface area contributed by atoms with Crippen LogP contribution in [0.1, 0.15) is 51.0 Å². The standard InChI is InChI=1S/C21H34N4.HI/c1-3-14-25-15-10-19(11-16-25)24-20(22-2)23-17-21(12-7-13-21)18-8-5-4-6-9-18;/h4-6,8-9,19H,3,7,10-17H2,1-2H3,(H2,22,23,24);1H. The molecule has 1 saturated carbocycles. The Morgan fingerprint density at radius 2 is 1.88 bits per heavy atom. The van der Waals surface area contributed by atoms with E-state index in [0.717, 1.165) is 12.5 Å². The first-order chi connectivity index (χ1) is 12.3. The number of piperidine rings is 1. The lowest BCUT2D eigenvalue weighted by Gasteiger charge is -2.43. The quantitative estimate of drug-likeness (QED) is 0.378. The van der Waals surface area contributed by atoms with Gasteiger partial charge >= 0.3 is 0 Å². The van der Waals surface area contributed by atoms with E-state index in [4.69, 9.17) is 0 Å². The summed E-state index contributed by atoms with van der Waals surface area (Å²) in [6.07, 6.45) is 7.56. The number of hydrogen-bond donors (Lipinski definition) is 2. The summed E-state index contributed by atoms with van der Waals surface area (Å²) in [5, 5.41) is 7.27. The third-order valence-corrected chi connectivity index (χ3v) is 5.98. The van der Waals surface area contributed by atoms with Gasteiger partial charge in [-0.1, -0.05) is 43.7 Å². The minimum Gasteiger partial charge on any atom is -0.356 e. The van der Waals surface area contributed by atoms with Crippen molar-refractivity contribution in [2.75, 3.05) is 33.2 Å². The van der Waals surface area contributed by atoms with Crippen molar-refractivity contribution in [3.63, 3.8) is 0 Å². The summed E-state index contributed by atoms with van der Waals surface area (Å²) in [6.45, 7) is 6.89. The summed E-state index contributed by atoms with van der Waals surface area (Å²) in [5.74, 6) is 0.969. The second-order valence-electron chi connectivity index (χ2n) is 7.69. The summed E-state index contributed by atoms with van der Waals surface area (Å²) in [4.78, 5) is 7.05. The molecule has 1 aliphatic heterocycles. The monoisotopic (exact) mass is 470 g/mol. The van der Waals surface area contributed by atoms with Crippen LogP contribution in [0.4, 0.5) is 0 Å². The Hall–Kier alpha value is -0.820. The Morgan fingerprint density at radius 3 is 2.42 bits per heavy atom. The minimum atomic E-state index is 0. The fourth-order valence-electron chi connectivity index (χ4n) is 4.22. The van der Waals surface area contributed by atoms with Crippen molar-refractivity contribution in [1.82, 2.24) is 15.5 Å². The zero-order valence-corrected chi connectivity index (χ0v) is 18.7. The van der Waals surface area contributed by atoms with Crippen molar-refractivity contribution < 1.29 is 0 Å². The lowest BCUT2D eigenvalue weighted by molar-refractivity contribution is 0.205. The Kier molecular flexibility index (Phi) is 8.67. The number of guanidine groups is 1. The van der Waals surface area contributed by atoms with Crippen LogP contribution in [0, 0.1) is 0 Å². The maximum absolute atomic E-state index is 4.47. The molecule has 1 aromatic rings. The zero-order chi connectivity index (χ0) is 17.5. The fraction of sp³-hybridized carbons (Fsp3) is 0.667. The van der Waals surface area contributed by atoms with Crippen molar-refractivity contribution >= 4 is 29.9 Å². The highest BCUT2D eigenvalue weighted by molar-refractivity contribution is 14.0. The van der Waals surface area contributed by atoms with E-state index in [2.05, 4.69) is 57.8 Å². The van der Waals surface area contributed by atoms with E-state index in [1.54, 1.807) is 0 Å². The highest BCUT2D eigenvalue weighted by Gasteiger charge is 2.38. The number of rotatable bonds is 6. The van der Waals surface area contributed by atoms with Crippen LogP contribution in [0.3, 0.4) is 0 Å². The van der Waals surface area contributed by atoms with E-state index in [-0.39, 0.29) is 24.0 Å². The van der Waals surface area contributed by atoms with Crippen LogP contribution in [0.25, 0.3) is 0 Å². The van der Waals surface area contributed by atoms with Crippen LogP contribution >= 0.6 is 24.0 Å². The van der Waals surface area contributed by atoms with Gasteiger partial charge in [-0.3, -0.25) is 4.99 Å². The molecular formula is C21H35IN4. The average Bonchev–Trinajstić information content (AvgIpc) is 2.62. The molecule has 5 heteroatoms. The normalized spacial score (nSPS) is 20.8. The van der Waals surface area contributed by atoms with Crippen LogP contribution in [0.2, 0.25) is 0 Å². The van der Waals surface area contributed by atoms with Gasteiger partial charge in [-0.2, -0.15) is 0 Å². The summed E-state index contributed by atoms with van der Waals surface area (Å²) in [6, 6.07) is 11.5. The van der Waals surface area contributed by atoms with Crippen molar-refractivity contribution in [2.45, 2.75) is 56.9 Å². The van der Waals surface area contributed by atoms with Gasteiger partial charge in [0, 0.05) is 38.1 Å². The highest BCUT2D eigenvalue weighted by Crippen LogP contribution is 2.43. The Morgan fingerprint density at radius 1 is 1.19 bits per heavy atom. The smallest absolute Gasteiger partial charge is 0.191 e. The minimum absolute atomic E-state index is 0. The average molecular weight is 470 g/mol. The van der Waals surface area contributed by atoms with Crippen LogP contribution in [-0.4, -0.2) is 50.1 Å².